The van der Waals surface area contributed by atoms with Crippen LogP contribution < -0.4 is 10.1 Å². The van der Waals surface area contributed by atoms with Crippen molar-refractivity contribution >= 4 is 11.6 Å². The minimum atomic E-state index is -0.489. The van der Waals surface area contributed by atoms with Gasteiger partial charge in [0, 0.05) is 6.20 Å². The Morgan fingerprint density at radius 3 is 2.44 bits per heavy atom. The highest BCUT2D eigenvalue weighted by atomic mass is 16.5. The topological polar surface area (TPSA) is 51.2 Å². The van der Waals surface area contributed by atoms with Crippen molar-refractivity contribution in [3.05, 3.63) is 90.3 Å². The van der Waals surface area contributed by atoms with Crippen LogP contribution in [0.5, 0.6) is 5.75 Å². The van der Waals surface area contributed by atoms with Gasteiger partial charge < -0.3 is 10.1 Å². The Balaban J connectivity index is 1.93. The van der Waals surface area contributed by atoms with Crippen molar-refractivity contribution in [3.63, 3.8) is 0 Å². The largest absolute Gasteiger partial charge is 0.492 e. The zero-order chi connectivity index (χ0) is 17.5. The third-order valence-corrected chi connectivity index (χ3v) is 3.82. The first-order valence-electron chi connectivity index (χ1n) is 8.28. The van der Waals surface area contributed by atoms with Crippen LogP contribution in [-0.4, -0.2) is 17.5 Å². The molecule has 1 atom stereocenters. The van der Waals surface area contributed by atoms with Crippen LogP contribution >= 0.6 is 0 Å². The van der Waals surface area contributed by atoms with Gasteiger partial charge in [-0.2, -0.15) is 0 Å². The number of carbonyl (C=O) groups excluding carboxylic acids is 1. The van der Waals surface area contributed by atoms with Crippen LogP contribution in [0.4, 0.5) is 5.69 Å². The number of para-hydroxylation sites is 2. The Morgan fingerprint density at radius 1 is 1.00 bits per heavy atom. The number of anilines is 1. The lowest BCUT2D eigenvalue weighted by molar-refractivity contribution is -0.116. The van der Waals surface area contributed by atoms with Gasteiger partial charge in [-0.05, 0) is 36.8 Å². The first kappa shape index (κ1) is 16.7. The molecule has 126 valence electrons. The molecule has 1 heterocycles. The zero-order valence-corrected chi connectivity index (χ0v) is 14.1. The molecule has 0 spiro atoms. The second kappa shape index (κ2) is 8.11. The normalized spacial score (nSPS) is 11.6. The number of hydrogen-bond donors (Lipinski definition) is 1. The minimum Gasteiger partial charge on any atom is -0.492 e. The summed E-state index contributed by atoms with van der Waals surface area (Å²) < 4.78 is 5.60. The van der Waals surface area contributed by atoms with Crippen LogP contribution in [0.3, 0.4) is 0 Å². The third kappa shape index (κ3) is 4.04. The predicted molar refractivity (Wildman–Crippen MR) is 98.8 cm³/mol. The molecule has 3 rings (SSSR count). The number of amides is 1. The highest BCUT2D eigenvalue weighted by molar-refractivity contribution is 5.98. The molecule has 0 aliphatic carbocycles. The van der Waals surface area contributed by atoms with Gasteiger partial charge in [-0.25, -0.2) is 0 Å². The fourth-order valence-corrected chi connectivity index (χ4v) is 2.70. The Kier molecular flexibility index (Phi) is 5.42. The Labute approximate surface area is 147 Å². The maximum atomic E-state index is 13.1. The lowest BCUT2D eigenvalue weighted by Crippen LogP contribution is -2.23. The molecule has 1 unspecified atom stereocenters. The van der Waals surface area contributed by atoms with E-state index in [1.54, 1.807) is 6.20 Å². The molecule has 0 aliphatic heterocycles. The molecule has 0 bridgehead atoms. The molecular weight excluding hydrogens is 312 g/mol. The minimum absolute atomic E-state index is 0.142. The number of pyridine rings is 1. The highest BCUT2D eigenvalue weighted by Gasteiger charge is 2.24. The SMILES string of the molecule is CCOc1ccccc1NC(=O)C(c1ccccc1)c1ccccn1. The van der Waals surface area contributed by atoms with E-state index >= 15 is 0 Å². The van der Waals surface area contributed by atoms with Crippen molar-refractivity contribution in [3.8, 4) is 5.75 Å². The van der Waals surface area contributed by atoms with E-state index in [4.69, 9.17) is 4.74 Å². The molecule has 0 fully saturated rings. The number of ether oxygens (including phenoxy) is 1. The standard InChI is InChI=1S/C21H20N2O2/c1-2-25-19-14-7-6-12-17(19)23-21(24)20(16-10-4-3-5-11-16)18-13-8-9-15-22-18/h3-15,20H,2H2,1H3,(H,23,24). The number of nitrogens with zero attached hydrogens (tertiary/aromatic N) is 1. The molecule has 1 aromatic heterocycles. The average Bonchev–Trinajstić information content (AvgIpc) is 2.65. The molecule has 3 aromatic rings. The van der Waals surface area contributed by atoms with Gasteiger partial charge >= 0.3 is 0 Å². The molecule has 1 amide bonds. The number of hydrogen-bond acceptors (Lipinski definition) is 3. The molecule has 4 heteroatoms. The van der Waals surface area contributed by atoms with Gasteiger partial charge in [0.2, 0.25) is 5.91 Å². The quantitative estimate of drug-likeness (QED) is 0.734. The van der Waals surface area contributed by atoms with Crippen LogP contribution in [0, 0.1) is 0 Å². The summed E-state index contributed by atoms with van der Waals surface area (Å²) in [6.45, 7) is 2.45. The first-order valence-corrected chi connectivity index (χ1v) is 8.28. The van der Waals surface area contributed by atoms with Crippen molar-refractivity contribution < 1.29 is 9.53 Å². The van der Waals surface area contributed by atoms with Gasteiger partial charge in [-0.3, -0.25) is 9.78 Å². The number of carbonyl (C=O) groups is 1. The van der Waals surface area contributed by atoms with Gasteiger partial charge in [0.15, 0.2) is 0 Å². The van der Waals surface area contributed by atoms with Crippen LogP contribution in [0.2, 0.25) is 0 Å². The predicted octanol–water partition coefficient (Wildman–Crippen LogP) is 4.25. The van der Waals surface area contributed by atoms with Crippen molar-refractivity contribution in [1.29, 1.82) is 0 Å². The second-order valence-electron chi connectivity index (χ2n) is 5.52. The van der Waals surface area contributed by atoms with Crippen LogP contribution in [0.25, 0.3) is 0 Å². The maximum Gasteiger partial charge on any atom is 0.238 e. The Bertz CT molecular complexity index is 780. The molecule has 4 nitrogen and oxygen atoms in total. The van der Waals surface area contributed by atoms with Crippen molar-refractivity contribution in [2.45, 2.75) is 12.8 Å². The molecule has 1 N–H and O–H groups in total. The van der Waals surface area contributed by atoms with Crippen molar-refractivity contribution in [2.24, 2.45) is 0 Å². The van der Waals surface area contributed by atoms with E-state index in [1.165, 1.54) is 0 Å². The summed E-state index contributed by atoms with van der Waals surface area (Å²) in [4.78, 5) is 17.4. The van der Waals surface area contributed by atoms with Gasteiger partial charge in [0.05, 0.1) is 18.0 Å². The van der Waals surface area contributed by atoms with E-state index in [9.17, 15) is 4.79 Å². The number of rotatable bonds is 6. The summed E-state index contributed by atoms with van der Waals surface area (Å²) >= 11 is 0. The van der Waals surface area contributed by atoms with Gasteiger partial charge in [-0.1, -0.05) is 48.5 Å². The van der Waals surface area contributed by atoms with E-state index in [1.807, 2.05) is 79.7 Å². The maximum absolute atomic E-state index is 13.1. The number of nitrogens with one attached hydrogen (secondary N) is 1. The second-order valence-corrected chi connectivity index (χ2v) is 5.52. The van der Waals surface area contributed by atoms with E-state index in [0.29, 0.717) is 23.7 Å². The van der Waals surface area contributed by atoms with Gasteiger partial charge in [-0.15, -0.1) is 0 Å². The molecular formula is C21H20N2O2. The molecule has 0 saturated carbocycles. The Hall–Kier alpha value is -3.14. The van der Waals surface area contributed by atoms with Crippen LogP contribution in [0.1, 0.15) is 24.1 Å². The van der Waals surface area contributed by atoms with Gasteiger partial charge in [0.25, 0.3) is 0 Å². The van der Waals surface area contributed by atoms with E-state index in [-0.39, 0.29) is 5.91 Å². The molecule has 0 radical (unpaired) electrons. The third-order valence-electron chi connectivity index (χ3n) is 3.82. The summed E-state index contributed by atoms with van der Waals surface area (Å²) in [5.74, 6) is 0.0281. The lowest BCUT2D eigenvalue weighted by Gasteiger charge is -2.18. The fourth-order valence-electron chi connectivity index (χ4n) is 2.70. The van der Waals surface area contributed by atoms with Crippen molar-refractivity contribution in [2.75, 3.05) is 11.9 Å². The Morgan fingerprint density at radius 2 is 1.72 bits per heavy atom. The van der Waals surface area contributed by atoms with E-state index in [2.05, 4.69) is 10.3 Å². The van der Waals surface area contributed by atoms with Gasteiger partial charge in [0.1, 0.15) is 11.7 Å². The first-order chi connectivity index (χ1) is 12.3. The summed E-state index contributed by atoms with van der Waals surface area (Å²) in [5, 5.41) is 2.99. The summed E-state index contributed by atoms with van der Waals surface area (Å²) in [6, 6.07) is 22.7. The summed E-state index contributed by atoms with van der Waals surface area (Å²) in [7, 11) is 0. The summed E-state index contributed by atoms with van der Waals surface area (Å²) in [6.07, 6.45) is 1.70. The highest BCUT2D eigenvalue weighted by Crippen LogP contribution is 2.28. The van der Waals surface area contributed by atoms with Crippen molar-refractivity contribution in [1.82, 2.24) is 4.98 Å². The summed E-state index contributed by atoms with van der Waals surface area (Å²) in [5.41, 5.74) is 2.26. The monoisotopic (exact) mass is 332 g/mol. The smallest absolute Gasteiger partial charge is 0.238 e. The van der Waals surface area contributed by atoms with E-state index < -0.39 is 5.92 Å². The number of benzene rings is 2. The van der Waals surface area contributed by atoms with E-state index in [0.717, 1.165) is 5.56 Å². The number of aromatic nitrogens is 1. The van der Waals surface area contributed by atoms with Crippen LogP contribution in [-0.2, 0) is 4.79 Å². The lowest BCUT2D eigenvalue weighted by atomic mass is 9.94. The average molecular weight is 332 g/mol. The molecule has 0 saturated heterocycles. The zero-order valence-electron chi connectivity index (χ0n) is 14.1. The molecule has 25 heavy (non-hydrogen) atoms. The molecule has 2 aromatic carbocycles. The molecule has 0 aliphatic rings. The fraction of sp³-hybridized carbons (Fsp3) is 0.143. The van der Waals surface area contributed by atoms with Crippen LogP contribution in [0.15, 0.2) is 79.0 Å².